The van der Waals surface area contributed by atoms with Crippen molar-refractivity contribution in [3.63, 3.8) is 0 Å². The van der Waals surface area contributed by atoms with Crippen LogP contribution in [0.4, 0.5) is 5.82 Å². The predicted octanol–water partition coefficient (Wildman–Crippen LogP) is 0.469. The van der Waals surface area contributed by atoms with Gasteiger partial charge in [-0.2, -0.15) is 5.11 Å². The van der Waals surface area contributed by atoms with Crippen molar-refractivity contribution >= 4 is 5.82 Å². The molecule has 44 valence electrons. The molecule has 5 heteroatoms. The maximum absolute atomic E-state index is 3.90. The zero-order valence-electron chi connectivity index (χ0n) is 4.52. The molecule has 0 saturated carbocycles. The molecule has 5 nitrogen and oxygen atoms in total. The maximum Gasteiger partial charge on any atom is 0.219 e. The minimum absolute atomic E-state index is 0.546. The molecule has 0 unspecified atom stereocenters. The molecule has 0 aliphatic carbocycles. The summed E-state index contributed by atoms with van der Waals surface area (Å²) in [6, 6.07) is 0. The second-order valence-electron chi connectivity index (χ2n) is 1.63. The fourth-order valence-electron chi connectivity index (χ4n) is 0.650. The van der Waals surface area contributed by atoms with Crippen molar-refractivity contribution in [1.82, 2.24) is 15.2 Å². The van der Waals surface area contributed by atoms with Crippen LogP contribution in [0.25, 0.3) is 0 Å². The molecule has 1 aromatic rings. The summed E-state index contributed by atoms with van der Waals surface area (Å²) in [4.78, 5) is 3.90. The first-order valence-electron chi connectivity index (χ1n) is 2.51. The third kappa shape index (κ3) is 0.576. The van der Waals surface area contributed by atoms with E-state index in [1.54, 1.807) is 0 Å². The number of rotatable bonds is 0. The van der Waals surface area contributed by atoms with E-state index in [2.05, 4.69) is 25.4 Å². The molecule has 0 N–H and O–H groups in total. The van der Waals surface area contributed by atoms with Crippen LogP contribution in [0.15, 0.2) is 16.6 Å². The highest BCUT2D eigenvalue weighted by atomic mass is 15.3. The summed E-state index contributed by atoms with van der Waals surface area (Å²) in [5.41, 5.74) is 0.810. The van der Waals surface area contributed by atoms with Crippen molar-refractivity contribution in [3.8, 4) is 0 Å². The van der Waals surface area contributed by atoms with Crippen LogP contribution in [0, 0.1) is 0 Å². The Morgan fingerprint density at radius 1 is 1.44 bits per heavy atom. The molecule has 1 aromatic heterocycles. The lowest BCUT2D eigenvalue weighted by Gasteiger charge is -1.85. The monoisotopic (exact) mass is 121 g/mol. The quantitative estimate of drug-likeness (QED) is 0.501. The molecule has 0 fully saturated rings. The molecular weight excluding hydrogens is 118 g/mol. The molecular formula is C4H3N5. The molecule has 0 aromatic carbocycles. The van der Waals surface area contributed by atoms with Crippen LogP contribution in [-0.4, -0.2) is 15.2 Å². The Kier molecular flexibility index (Phi) is 0.769. The largest absolute Gasteiger partial charge is 0.233 e. The zero-order valence-corrected chi connectivity index (χ0v) is 4.52. The van der Waals surface area contributed by atoms with Crippen molar-refractivity contribution in [3.05, 3.63) is 12.0 Å². The number of azo groups is 1. The number of fused-ring (bicyclic) bond motifs is 1. The minimum Gasteiger partial charge on any atom is -0.233 e. The molecule has 0 amide bonds. The Hall–Kier alpha value is -1.39. The van der Waals surface area contributed by atoms with Gasteiger partial charge in [0.1, 0.15) is 18.6 Å². The van der Waals surface area contributed by atoms with Gasteiger partial charge < -0.3 is 0 Å². The molecule has 0 bridgehead atoms. The van der Waals surface area contributed by atoms with Gasteiger partial charge in [0.05, 0.1) is 0 Å². The lowest BCUT2D eigenvalue weighted by molar-refractivity contribution is 0.931. The summed E-state index contributed by atoms with van der Waals surface area (Å²) in [5, 5.41) is 14.6. The average Bonchev–Trinajstić information content (AvgIpc) is 2.33. The predicted molar refractivity (Wildman–Crippen MR) is 28.0 cm³/mol. The van der Waals surface area contributed by atoms with E-state index in [0.717, 1.165) is 5.69 Å². The van der Waals surface area contributed by atoms with Crippen LogP contribution in [0.5, 0.6) is 0 Å². The highest BCUT2D eigenvalue weighted by molar-refractivity contribution is 5.32. The Bertz CT molecular complexity index is 255. The molecule has 2 rings (SSSR count). The van der Waals surface area contributed by atoms with Gasteiger partial charge in [0, 0.05) is 0 Å². The third-order valence-corrected chi connectivity index (χ3v) is 1.06. The SMILES string of the molecule is c1nnc2c(n1)CN=N2. The van der Waals surface area contributed by atoms with E-state index in [9.17, 15) is 0 Å². The van der Waals surface area contributed by atoms with E-state index >= 15 is 0 Å². The fraction of sp³-hybridized carbons (Fsp3) is 0.250. The summed E-state index contributed by atoms with van der Waals surface area (Å²) < 4.78 is 0. The minimum atomic E-state index is 0.546. The first-order chi connectivity index (χ1) is 4.47. The van der Waals surface area contributed by atoms with Gasteiger partial charge in [-0.1, -0.05) is 0 Å². The van der Waals surface area contributed by atoms with E-state index < -0.39 is 0 Å². The topological polar surface area (TPSA) is 63.4 Å². The molecule has 0 spiro atoms. The summed E-state index contributed by atoms with van der Waals surface area (Å²) in [6.45, 7) is 0.546. The molecule has 0 saturated heterocycles. The van der Waals surface area contributed by atoms with Crippen molar-refractivity contribution in [2.24, 2.45) is 10.2 Å². The van der Waals surface area contributed by atoms with Crippen LogP contribution < -0.4 is 0 Å². The Morgan fingerprint density at radius 3 is 3.33 bits per heavy atom. The van der Waals surface area contributed by atoms with E-state index in [-0.39, 0.29) is 0 Å². The van der Waals surface area contributed by atoms with E-state index in [0.29, 0.717) is 12.4 Å². The first kappa shape index (κ1) is 4.49. The van der Waals surface area contributed by atoms with Crippen molar-refractivity contribution < 1.29 is 0 Å². The van der Waals surface area contributed by atoms with Gasteiger partial charge in [-0.05, 0) is 0 Å². The lowest BCUT2D eigenvalue weighted by atomic mass is 10.4. The first-order valence-corrected chi connectivity index (χ1v) is 2.51. The van der Waals surface area contributed by atoms with Crippen LogP contribution in [0.2, 0.25) is 0 Å². The fourth-order valence-corrected chi connectivity index (χ4v) is 0.650. The number of aromatic nitrogens is 3. The maximum atomic E-state index is 3.90. The Labute approximate surface area is 50.9 Å². The van der Waals surface area contributed by atoms with Crippen molar-refractivity contribution in [2.45, 2.75) is 6.54 Å². The Balaban J connectivity index is 2.63. The molecule has 2 heterocycles. The smallest absolute Gasteiger partial charge is 0.219 e. The van der Waals surface area contributed by atoms with E-state index in [4.69, 9.17) is 0 Å². The normalized spacial score (nSPS) is 13.8. The summed E-state index contributed by atoms with van der Waals surface area (Å²) in [5.74, 6) is 0.553. The third-order valence-electron chi connectivity index (χ3n) is 1.06. The molecule has 1 aliphatic heterocycles. The summed E-state index contributed by atoms with van der Waals surface area (Å²) in [7, 11) is 0. The highest BCUT2D eigenvalue weighted by Gasteiger charge is 2.08. The van der Waals surface area contributed by atoms with Gasteiger partial charge in [0.2, 0.25) is 5.82 Å². The van der Waals surface area contributed by atoms with Crippen LogP contribution in [-0.2, 0) is 6.54 Å². The zero-order chi connectivity index (χ0) is 6.10. The summed E-state index contributed by atoms with van der Waals surface area (Å²) >= 11 is 0. The summed E-state index contributed by atoms with van der Waals surface area (Å²) in [6.07, 6.45) is 1.40. The number of nitrogens with zero attached hydrogens (tertiary/aromatic N) is 5. The van der Waals surface area contributed by atoms with Gasteiger partial charge in [-0.15, -0.1) is 15.3 Å². The van der Waals surface area contributed by atoms with E-state index in [1.165, 1.54) is 6.33 Å². The molecule has 1 aliphatic rings. The number of hydrogen-bond acceptors (Lipinski definition) is 5. The standard InChI is InChI=1S/C4H3N5/c1-3-4(8-6-1)9-7-2-5-3/h2H,1H2. The van der Waals surface area contributed by atoms with E-state index in [1.807, 2.05) is 0 Å². The molecule has 9 heavy (non-hydrogen) atoms. The van der Waals surface area contributed by atoms with Gasteiger partial charge >= 0.3 is 0 Å². The van der Waals surface area contributed by atoms with Crippen LogP contribution in [0.1, 0.15) is 5.69 Å². The van der Waals surface area contributed by atoms with Crippen LogP contribution >= 0.6 is 0 Å². The van der Waals surface area contributed by atoms with Gasteiger partial charge in [0.15, 0.2) is 0 Å². The van der Waals surface area contributed by atoms with Gasteiger partial charge in [-0.25, -0.2) is 4.98 Å². The molecule has 0 atom stereocenters. The van der Waals surface area contributed by atoms with Crippen molar-refractivity contribution in [1.29, 1.82) is 0 Å². The second-order valence-corrected chi connectivity index (χ2v) is 1.63. The second kappa shape index (κ2) is 1.54. The average molecular weight is 121 g/mol. The lowest BCUT2D eigenvalue weighted by Crippen LogP contribution is -1.87. The highest BCUT2D eigenvalue weighted by Crippen LogP contribution is 2.18. The van der Waals surface area contributed by atoms with Crippen LogP contribution in [0.3, 0.4) is 0 Å². The molecule has 0 radical (unpaired) electrons. The Morgan fingerprint density at radius 2 is 2.44 bits per heavy atom. The van der Waals surface area contributed by atoms with Gasteiger partial charge in [0.25, 0.3) is 0 Å². The number of hydrogen-bond donors (Lipinski definition) is 0. The van der Waals surface area contributed by atoms with Crippen molar-refractivity contribution in [2.75, 3.05) is 0 Å². The van der Waals surface area contributed by atoms with Gasteiger partial charge in [-0.3, -0.25) is 0 Å².